The van der Waals surface area contributed by atoms with Crippen molar-refractivity contribution in [2.75, 3.05) is 50.1 Å². The van der Waals surface area contributed by atoms with Gasteiger partial charge in [0.2, 0.25) is 0 Å². The van der Waals surface area contributed by atoms with E-state index in [2.05, 4.69) is 32.9 Å². The van der Waals surface area contributed by atoms with E-state index < -0.39 is 0 Å². The molecular weight excluding hydrogens is 436 g/mol. The van der Waals surface area contributed by atoms with E-state index in [0.29, 0.717) is 5.02 Å². The molecule has 8 heteroatoms. The number of rotatable bonds is 7. The fraction of sp³-hybridized carbons (Fsp3) is 0.280. The van der Waals surface area contributed by atoms with Crippen LogP contribution in [-0.4, -0.2) is 54.5 Å². The molecule has 1 fully saturated rings. The molecule has 7 nitrogen and oxygen atoms in total. The molecule has 0 amide bonds. The summed E-state index contributed by atoms with van der Waals surface area (Å²) in [6.45, 7) is 8.52. The summed E-state index contributed by atoms with van der Waals surface area (Å²) in [6.07, 6.45) is 1.63. The third kappa shape index (κ3) is 4.98. The molecule has 33 heavy (non-hydrogen) atoms. The summed E-state index contributed by atoms with van der Waals surface area (Å²) in [5, 5.41) is 17.6. The minimum atomic E-state index is 0.572. The monoisotopic (exact) mass is 462 g/mol. The highest BCUT2D eigenvalue weighted by atomic mass is 35.5. The van der Waals surface area contributed by atoms with Gasteiger partial charge in [-0.15, -0.1) is 0 Å². The molecule has 1 N–H and O–H groups in total. The lowest BCUT2D eigenvalue weighted by atomic mass is 10.1. The Balaban J connectivity index is 1.39. The molecule has 3 aromatic rings. The second-order valence-electron chi connectivity index (χ2n) is 8.00. The summed E-state index contributed by atoms with van der Waals surface area (Å²) in [6, 6.07) is 16.0. The molecule has 1 aromatic heterocycles. The van der Waals surface area contributed by atoms with Gasteiger partial charge in [0, 0.05) is 56.7 Å². The molecule has 0 saturated carbocycles. The predicted molar refractivity (Wildman–Crippen MR) is 133 cm³/mol. The van der Waals surface area contributed by atoms with E-state index in [4.69, 9.17) is 16.3 Å². The van der Waals surface area contributed by atoms with Crippen molar-refractivity contribution in [1.29, 1.82) is 5.26 Å². The number of nitrogens with one attached hydrogen (secondary N) is 1. The number of ether oxygens (including phenoxy) is 1. The first kappa shape index (κ1) is 22.7. The van der Waals surface area contributed by atoms with E-state index in [1.807, 2.05) is 49.5 Å². The van der Waals surface area contributed by atoms with E-state index >= 15 is 0 Å². The maximum absolute atomic E-state index is 9.38. The number of nitrogens with zero attached hydrogens (tertiary/aromatic N) is 5. The maximum atomic E-state index is 9.38. The van der Waals surface area contributed by atoms with Gasteiger partial charge in [0.05, 0.1) is 35.3 Å². The Bertz CT molecular complexity index is 1170. The Kier molecular flexibility index (Phi) is 6.87. The molecule has 4 rings (SSSR count). The van der Waals surface area contributed by atoms with Crippen molar-refractivity contribution >= 4 is 23.0 Å². The van der Waals surface area contributed by atoms with Crippen LogP contribution >= 0.6 is 11.6 Å². The number of methoxy groups -OCH3 is 1. The highest BCUT2D eigenvalue weighted by molar-refractivity contribution is 6.33. The molecule has 1 aliphatic heterocycles. The van der Waals surface area contributed by atoms with Crippen LogP contribution in [0.4, 0.5) is 11.4 Å². The first-order chi connectivity index (χ1) is 16.0. The molecule has 0 atom stereocenters. The Morgan fingerprint density at radius 3 is 2.64 bits per heavy atom. The zero-order chi connectivity index (χ0) is 23.4. The standard InChI is InChI=1S/C25H27ClN6O/c1-18(17-31-10-12-32(13-11-31)23-7-5-4-6-19(23)15-27)29-20-8-9-24(33-3)21(14-20)25-22(26)16-28-30(25)2/h4-9,14,16,29H,1,10-13,17H2,2-3H3. The fourth-order valence-electron chi connectivity index (χ4n) is 4.19. The summed E-state index contributed by atoms with van der Waals surface area (Å²) < 4.78 is 7.28. The fourth-order valence-corrected chi connectivity index (χ4v) is 4.46. The quantitative estimate of drug-likeness (QED) is 0.562. The van der Waals surface area contributed by atoms with Gasteiger partial charge in [0.25, 0.3) is 0 Å². The number of para-hydroxylation sites is 1. The summed E-state index contributed by atoms with van der Waals surface area (Å²) in [5.41, 5.74) is 5.22. The number of piperazine rings is 1. The van der Waals surface area contributed by atoms with Gasteiger partial charge >= 0.3 is 0 Å². The van der Waals surface area contributed by atoms with Crippen molar-refractivity contribution in [3.05, 3.63) is 71.5 Å². The Labute approximate surface area is 199 Å². The van der Waals surface area contributed by atoms with Crippen LogP contribution in [0.2, 0.25) is 5.02 Å². The van der Waals surface area contributed by atoms with Crippen molar-refractivity contribution in [2.24, 2.45) is 7.05 Å². The van der Waals surface area contributed by atoms with Gasteiger partial charge < -0.3 is 15.0 Å². The molecule has 2 aromatic carbocycles. The van der Waals surface area contributed by atoms with Crippen molar-refractivity contribution in [2.45, 2.75) is 0 Å². The van der Waals surface area contributed by atoms with E-state index in [1.165, 1.54) is 0 Å². The number of aryl methyl sites for hydroxylation is 1. The molecule has 2 heterocycles. The number of halogens is 1. The number of nitriles is 1. The molecule has 0 spiro atoms. The molecular formula is C25H27ClN6O. The molecule has 1 aliphatic rings. The maximum Gasteiger partial charge on any atom is 0.128 e. The molecule has 170 valence electrons. The van der Waals surface area contributed by atoms with Crippen LogP contribution in [0.1, 0.15) is 5.56 Å². The van der Waals surface area contributed by atoms with Crippen LogP contribution in [0.15, 0.2) is 60.9 Å². The number of benzene rings is 2. The van der Waals surface area contributed by atoms with Crippen LogP contribution in [0.5, 0.6) is 5.75 Å². The van der Waals surface area contributed by atoms with E-state index in [9.17, 15) is 5.26 Å². The third-order valence-electron chi connectivity index (χ3n) is 5.82. The summed E-state index contributed by atoms with van der Waals surface area (Å²) in [5.74, 6) is 0.727. The Morgan fingerprint density at radius 1 is 1.21 bits per heavy atom. The van der Waals surface area contributed by atoms with Crippen LogP contribution in [0.3, 0.4) is 0 Å². The van der Waals surface area contributed by atoms with Gasteiger partial charge in [-0.3, -0.25) is 9.58 Å². The van der Waals surface area contributed by atoms with Gasteiger partial charge in [0.15, 0.2) is 0 Å². The lowest BCUT2D eigenvalue weighted by molar-refractivity contribution is 0.279. The van der Waals surface area contributed by atoms with Crippen LogP contribution < -0.4 is 15.0 Å². The van der Waals surface area contributed by atoms with Gasteiger partial charge in [-0.2, -0.15) is 10.4 Å². The molecule has 0 bridgehead atoms. The minimum Gasteiger partial charge on any atom is -0.496 e. The van der Waals surface area contributed by atoms with Gasteiger partial charge in [0.1, 0.15) is 11.8 Å². The Morgan fingerprint density at radius 2 is 1.97 bits per heavy atom. The van der Waals surface area contributed by atoms with E-state index in [0.717, 1.165) is 72.4 Å². The van der Waals surface area contributed by atoms with Crippen LogP contribution in [0, 0.1) is 11.3 Å². The number of aromatic nitrogens is 2. The van der Waals surface area contributed by atoms with E-state index in [-0.39, 0.29) is 0 Å². The highest BCUT2D eigenvalue weighted by Crippen LogP contribution is 2.36. The normalized spacial score (nSPS) is 14.1. The van der Waals surface area contributed by atoms with Crippen molar-refractivity contribution in [1.82, 2.24) is 14.7 Å². The van der Waals surface area contributed by atoms with Crippen LogP contribution in [-0.2, 0) is 7.05 Å². The number of anilines is 2. The summed E-state index contributed by atoms with van der Waals surface area (Å²) in [4.78, 5) is 4.64. The number of hydrogen-bond acceptors (Lipinski definition) is 6. The largest absolute Gasteiger partial charge is 0.496 e. The molecule has 1 saturated heterocycles. The summed E-state index contributed by atoms with van der Waals surface area (Å²) in [7, 11) is 3.50. The first-order valence-electron chi connectivity index (χ1n) is 10.8. The molecule has 0 unspecified atom stereocenters. The molecule has 0 radical (unpaired) electrons. The van der Waals surface area contributed by atoms with Crippen molar-refractivity contribution < 1.29 is 4.74 Å². The van der Waals surface area contributed by atoms with Gasteiger partial charge in [-0.1, -0.05) is 30.3 Å². The second kappa shape index (κ2) is 9.99. The van der Waals surface area contributed by atoms with Gasteiger partial charge in [-0.25, -0.2) is 0 Å². The predicted octanol–water partition coefficient (Wildman–Crippen LogP) is 4.37. The second-order valence-corrected chi connectivity index (χ2v) is 8.41. The highest BCUT2D eigenvalue weighted by Gasteiger charge is 2.20. The van der Waals surface area contributed by atoms with Crippen molar-refractivity contribution in [3.8, 4) is 23.1 Å². The smallest absolute Gasteiger partial charge is 0.128 e. The number of hydrogen-bond donors (Lipinski definition) is 1. The van der Waals surface area contributed by atoms with Gasteiger partial charge in [-0.05, 0) is 30.3 Å². The third-order valence-corrected chi connectivity index (χ3v) is 6.10. The minimum absolute atomic E-state index is 0.572. The average molecular weight is 463 g/mol. The van der Waals surface area contributed by atoms with Crippen LogP contribution in [0.25, 0.3) is 11.3 Å². The average Bonchev–Trinajstić information content (AvgIpc) is 3.17. The zero-order valence-corrected chi connectivity index (χ0v) is 19.6. The lowest BCUT2D eigenvalue weighted by Gasteiger charge is -2.36. The van der Waals surface area contributed by atoms with E-state index in [1.54, 1.807) is 18.0 Å². The SMILES string of the molecule is C=C(CN1CCN(c2ccccc2C#N)CC1)Nc1ccc(OC)c(-c2c(Cl)cnn2C)c1. The lowest BCUT2D eigenvalue weighted by Crippen LogP contribution is -2.47. The zero-order valence-electron chi connectivity index (χ0n) is 18.9. The topological polar surface area (TPSA) is 69.3 Å². The first-order valence-corrected chi connectivity index (χ1v) is 11.1. The summed E-state index contributed by atoms with van der Waals surface area (Å²) >= 11 is 6.37. The Hall–Kier alpha value is -3.47. The van der Waals surface area contributed by atoms with Crippen molar-refractivity contribution in [3.63, 3.8) is 0 Å². The molecule has 0 aliphatic carbocycles.